The van der Waals surface area contributed by atoms with Gasteiger partial charge in [0, 0.05) is 12.7 Å². The molecule has 0 aliphatic rings. The summed E-state index contributed by atoms with van der Waals surface area (Å²) in [4.78, 5) is 16.2. The van der Waals surface area contributed by atoms with Crippen LogP contribution in [0.2, 0.25) is 0 Å². The van der Waals surface area contributed by atoms with Crippen LogP contribution >= 0.6 is 0 Å². The first-order chi connectivity index (χ1) is 14.0. The Labute approximate surface area is 165 Å². The number of halogens is 1. The third kappa shape index (κ3) is 3.85. The quantitative estimate of drug-likeness (QED) is 0.535. The van der Waals surface area contributed by atoms with Crippen LogP contribution in [-0.4, -0.2) is 26.9 Å². The third-order valence-corrected chi connectivity index (χ3v) is 4.50. The number of fused-ring (bicyclic) bond motifs is 1. The molecule has 4 rings (SSSR count). The molecular weight excluding hydrogens is 377 g/mol. The maximum Gasteiger partial charge on any atom is 0.421 e. The number of hydrogen-bond donors (Lipinski definition) is 1. The van der Waals surface area contributed by atoms with Crippen LogP contribution in [0.15, 0.2) is 57.9 Å². The van der Waals surface area contributed by atoms with Crippen molar-refractivity contribution in [3.8, 4) is 11.3 Å². The van der Waals surface area contributed by atoms with Gasteiger partial charge in [-0.05, 0) is 42.8 Å². The number of methoxy groups -OCH3 is 1. The maximum atomic E-state index is 13.1. The molecule has 2 aromatic heterocycles. The van der Waals surface area contributed by atoms with Gasteiger partial charge in [-0.25, -0.2) is 18.7 Å². The average molecular weight is 395 g/mol. The van der Waals surface area contributed by atoms with E-state index in [4.69, 9.17) is 9.15 Å². The van der Waals surface area contributed by atoms with E-state index >= 15 is 0 Å². The van der Waals surface area contributed by atoms with E-state index in [1.165, 1.54) is 23.8 Å². The average Bonchev–Trinajstić information content (AvgIpc) is 3.04. The van der Waals surface area contributed by atoms with E-state index in [0.29, 0.717) is 22.7 Å². The Balaban J connectivity index is 1.56. The zero-order valence-electron chi connectivity index (χ0n) is 15.8. The second-order valence-corrected chi connectivity index (χ2v) is 6.48. The van der Waals surface area contributed by atoms with Crippen molar-refractivity contribution in [2.24, 2.45) is 0 Å². The molecule has 29 heavy (non-hydrogen) atoms. The summed E-state index contributed by atoms with van der Waals surface area (Å²) in [6, 6.07) is 11.4. The summed E-state index contributed by atoms with van der Waals surface area (Å²) in [7, 11) is 1.50. The first-order valence-corrected chi connectivity index (χ1v) is 8.89. The molecule has 9 heteroatoms. The lowest BCUT2D eigenvalue weighted by molar-refractivity contribution is 0.128. The lowest BCUT2D eigenvalue weighted by Gasteiger charge is -2.13. The van der Waals surface area contributed by atoms with E-state index in [9.17, 15) is 9.18 Å². The van der Waals surface area contributed by atoms with Crippen molar-refractivity contribution in [2.75, 3.05) is 12.4 Å². The summed E-state index contributed by atoms with van der Waals surface area (Å²) in [5.74, 6) is -0.419. The second-order valence-electron chi connectivity index (χ2n) is 6.48. The van der Waals surface area contributed by atoms with E-state index in [-0.39, 0.29) is 18.6 Å². The van der Waals surface area contributed by atoms with Crippen LogP contribution in [0.1, 0.15) is 18.5 Å². The Morgan fingerprint density at radius 2 is 2.00 bits per heavy atom. The van der Waals surface area contributed by atoms with Crippen molar-refractivity contribution in [2.45, 2.75) is 19.7 Å². The maximum absolute atomic E-state index is 13.1. The minimum Gasteiger partial charge on any atom is -0.408 e. The van der Waals surface area contributed by atoms with Gasteiger partial charge in [0.1, 0.15) is 18.2 Å². The van der Waals surface area contributed by atoms with Crippen molar-refractivity contribution >= 4 is 17.0 Å². The van der Waals surface area contributed by atoms with E-state index in [1.807, 2.05) is 6.92 Å². The smallest absolute Gasteiger partial charge is 0.408 e. The molecule has 2 heterocycles. The largest absolute Gasteiger partial charge is 0.421 e. The molecule has 0 aliphatic heterocycles. The van der Waals surface area contributed by atoms with Gasteiger partial charge in [0.25, 0.3) is 0 Å². The molecule has 8 nitrogen and oxygen atoms in total. The molecule has 0 saturated carbocycles. The van der Waals surface area contributed by atoms with Crippen molar-refractivity contribution < 1.29 is 13.5 Å². The Morgan fingerprint density at radius 1 is 1.21 bits per heavy atom. The van der Waals surface area contributed by atoms with Gasteiger partial charge in [-0.1, -0.05) is 12.1 Å². The highest BCUT2D eigenvalue weighted by molar-refractivity contribution is 5.79. The normalized spacial score (nSPS) is 12.2. The summed E-state index contributed by atoms with van der Waals surface area (Å²) in [5.41, 5.74) is 3.25. The predicted molar refractivity (Wildman–Crippen MR) is 105 cm³/mol. The molecule has 0 amide bonds. The minimum absolute atomic E-state index is 0.0867. The summed E-state index contributed by atoms with van der Waals surface area (Å²) >= 11 is 0. The fourth-order valence-corrected chi connectivity index (χ4v) is 2.97. The van der Waals surface area contributed by atoms with E-state index in [0.717, 1.165) is 11.1 Å². The summed E-state index contributed by atoms with van der Waals surface area (Å²) in [6.45, 7) is 2.01. The van der Waals surface area contributed by atoms with Gasteiger partial charge in [-0.2, -0.15) is 0 Å². The van der Waals surface area contributed by atoms with Gasteiger partial charge in [0.05, 0.1) is 17.8 Å². The van der Waals surface area contributed by atoms with Gasteiger partial charge in [0.15, 0.2) is 5.58 Å². The number of aromatic nitrogens is 4. The fraction of sp³-hybridized carbons (Fsp3) is 0.200. The van der Waals surface area contributed by atoms with Crippen LogP contribution in [0.25, 0.3) is 22.4 Å². The highest BCUT2D eigenvalue weighted by Gasteiger charge is 2.12. The number of nitrogens with one attached hydrogen (secondary N) is 1. The molecule has 1 N–H and O–H groups in total. The Hall–Kier alpha value is -3.59. The predicted octanol–water partition coefficient (Wildman–Crippen LogP) is 3.36. The summed E-state index contributed by atoms with van der Waals surface area (Å²) in [6.07, 6.45) is 1.59. The molecule has 0 unspecified atom stereocenters. The van der Waals surface area contributed by atoms with Crippen LogP contribution < -0.4 is 11.1 Å². The second kappa shape index (κ2) is 7.80. The molecule has 148 valence electrons. The van der Waals surface area contributed by atoms with Crippen LogP contribution in [0.3, 0.4) is 0 Å². The molecule has 0 fully saturated rings. The number of rotatable bonds is 6. The topological polar surface area (TPSA) is 95.1 Å². The number of benzene rings is 2. The molecular formula is C20H18FN5O3. The molecule has 0 bridgehead atoms. The minimum atomic E-state index is -0.488. The number of nitrogens with zero attached hydrogens (tertiary/aromatic N) is 4. The van der Waals surface area contributed by atoms with Crippen molar-refractivity contribution in [1.29, 1.82) is 0 Å². The van der Waals surface area contributed by atoms with Gasteiger partial charge in [-0.15, -0.1) is 10.2 Å². The monoisotopic (exact) mass is 395 g/mol. The van der Waals surface area contributed by atoms with Gasteiger partial charge in [-0.3, -0.25) is 0 Å². The molecule has 0 aliphatic carbocycles. The van der Waals surface area contributed by atoms with E-state index in [1.54, 1.807) is 36.5 Å². The van der Waals surface area contributed by atoms with E-state index in [2.05, 4.69) is 20.5 Å². The van der Waals surface area contributed by atoms with Gasteiger partial charge in [0.2, 0.25) is 5.95 Å². The van der Waals surface area contributed by atoms with Crippen LogP contribution in [0, 0.1) is 5.82 Å². The van der Waals surface area contributed by atoms with Crippen LogP contribution in [-0.2, 0) is 11.5 Å². The summed E-state index contributed by atoms with van der Waals surface area (Å²) < 4.78 is 24.7. The lowest BCUT2D eigenvalue weighted by atomic mass is 10.1. The summed E-state index contributed by atoms with van der Waals surface area (Å²) in [5, 5.41) is 11.5. The van der Waals surface area contributed by atoms with Gasteiger partial charge >= 0.3 is 5.76 Å². The van der Waals surface area contributed by atoms with Crippen molar-refractivity contribution in [3.05, 3.63) is 70.6 Å². The molecule has 2 aromatic carbocycles. The number of hydrogen-bond acceptors (Lipinski definition) is 7. The first kappa shape index (κ1) is 18.8. The Morgan fingerprint density at radius 3 is 2.69 bits per heavy atom. The molecule has 1 atom stereocenters. The van der Waals surface area contributed by atoms with Crippen LogP contribution in [0.5, 0.6) is 0 Å². The SMILES string of the molecule is COCn1c(=O)oc2ccc(-c3cnc(N[C@H](C)c4ccc(F)cc4)nn3)cc21. The number of anilines is 1. The number of ether oxygens (including phenoxy) is 1. The fourth-order valence-electron chi connectivity index (χ4n) is 2.97. The van der Waals surface area contributed by atoms with Crippen molar-refractivity contribution in [1.82, 2.24) is 19.7 Å². The molecule has 0 spiro atoms. The number of oxazole rings is 1. The molecule has 0 saturated heterocycles. The first-order valence-electron chi connectivity index (χ1n) is 8.89. The Kier molecular flexibility index (Phi) is 5.05. The van der Waals surface area contributed by atoms with Crippen LogP contribution in [0.4, 0.5) is 10.3 Å². The highest BCUT2D eigenvalue weighted by atomic mass is 19.1. The van der Waals surface area contributed by atoms with Gasteiger partial charge < -0.3 is 14.5 Å². The standard InChI is InChI=1S/C20H18FN5O3/c1-12(13-3-6-15(21)7-4-13)23-19-22-10-16(24-25-19)14-5-8-18-17(9-14)26(11-28-2)20(27)29-18/h3-10,12H,11H2,1-2H3,(H,22,23,25)/t12-/m1/s1. The zero-order chi connectivity index (χ0) is 20.4. The molecule has 4 aromatic rings. The van der Waals surface area contributed by atoms with E-state index < -0.39 is 5.76 Å². The lowest BCUT2D eigenvalue weighted by Crippen LogP contribution is -2.14. The third-order valence-electron chi connectivity index (χ3n) is 4.50. The highest BCUT2D eigenvalue weighted by Crippen LogP contribution is 2.23. The van der Waals surface area contributed by atoms with Crippen molar-refractivity contribution in [3.63, 3.8) is 0 Å². The Bertz CT molecular complexity index is 1190. The molecule has 0 radical (unpaired) electrons. The zero-order valence-corrected chi connectivity index (χ0v) is 15.8.